The van der Waals surface area contributed by atoms with Crippen LogP contribution in [0.3, 0.4) is 0 Å². The third kappa shape index (κ3) is 5.35. The van der Waals surface area contributed by atoms with Gasteiger partial charge in [0.2, 0.25) is 0 Å². The van der Waals surface area contributed by atoms with E-state index >= 15 is 0 Å². The summed E-state index contributed by atoms with van der Waals surface area (Å²) >= 11 is 12.6. The minimum absolute atomic E-state index is 0.224. The first kappa shape index (κ1) is 23.9. The highest BCUT2D eigenvalue weighted by atomic mass is 35.5. The van der Waals surface area contributed by atoms with Crippen LogP contribution in [-0.2, 0) is 6.42 Å². The molecular formula is C30H23Cl2N3O. The number of nitrogens with zero attached hydrogens (tertiary/aromatic N) is 2. The molecule has 5 aromatic rings. The van der Waals surface area contributed by atoms with Gasteiger partial charge in [-0.05, 0) is 53.9 Å². The summed E-state index contributed by atoms with van der Waals surface area (Å²) in [5.74, 6) is -0.236. The molecule has 36 heavy (non-hydrogen) atoms. The Balaban J connectivity index is 1.54. The molecule has 4 aromatic carbocycles. The van der Waals surface area contributed by atoms with Crippen molar-refractivity contribution in [3.8, 4) is 16.9 Å². The Kier molecular flexibility index (Phi) is 7.17. The number of hydrogen-bond donors (Lipinski definition) is 1. The second-order valence-electron chi connectivity index (χ2n) is 8.41. The molecular weight excluding hydrogens is 489 g/mol. The minimum Gasteiger partial charge on any atom is -0.344 e. The van der Waals surface area contributed by atoms with E-state index in [4.69, 9.17) is 28.3 Å². The lowest BCUT2D eigenvalue weighted by atomic mass is 9.98. The van der Waals surface area contributed by atoms with Gasteiger partial charge in [0.15, 0.2) is 0 Å². The van der Waals surface area contributed by atoms with Crippen molar-refractivity contribution in [2.45, 2.75) is 12.5 Å². The highest BCUT2D eigenvalue weighted by Crippen LogP contribution is 2.29. The van der Waals surface area contributed by atoms with Gasteiger partial charge < -0.3 is 5.32 Å². The molecule has 0 radical (unpaired) electrons. The maximum atomic E-state index is 13.8. The molecule has 1 unspecified atom stereocenters. The van der Waals surface area contributed by atoms with E-state index in [-0.39, 0.29) is 11.9 Å². The maximum Gasteiger partial charge on any atom is 0.270 e. The maximum absolute atomic E-state index is 13.8. The molecule has 0 saturated heterocycles. The molecule has 0 fully saturated rings. The fourth-order valence-electron chi connectivity index (χ4n) is 4.14. The lowest BCUT2D eigenvalue weighted by Crippen LogP contribution is -2.31. The Morgan fingerprint density at radius 1 is 0.806 bits per heavy atom. The van der Waals surface area contributed by atoms with Gasteiger partial charge in [0.25, 0.3) is 5.91 Å². The van der Waals surface area contributed by atoms with Crippen LogP contribution in [0.4, 0.5) is 0 Å². The fourth-order valence-corrected chi connectivity index (χ4v) is 4.50. The van der Waals surface area contributed by atoms with Gasteiger partial charge in [0.1, 0.15) is 5.69 Å². The molecule has 178 valence electrons. The molecule has 4 nitrogen and oxygen atoms in total. The number of carbonyl (C=O) groups is 1. The zero-order chi connectivity index (χ0) is 24.9. The van der Waals surface area contributed by atoms with Crippen molar-refractivity contribution in [1.82, 2.24) is 15.1 Å². The lowest BCUT2D eigenvalue weighted by Gasteiger charge is -2.20. The summed E-state index contributed by atoms with van der Waals surface area (Å²) in [6.45, 7) is 0. The van der Waals surface area contributed by atoms with Crippen molar-refractivity contribution < 1.29 is 4.79 Å². The summed E-state index contributed by atoms with van der Waals surface area (Å²) in [7, 11) is 0. The first-order valence-electron chi connectivity index (χ1n) is 11.6. The first-order valence-corrected chi connectivity index (χ1v) is 12.3. The average molecular weight is 512 g/mol. The summed E-state index contributed by atoms with van der Waals surface area (Å²) in [4.78, 5) is 13.8. The summed E-state index contributed by atoms with van der Waals surface area (Å²) < 4.78 is 1.63. The fraction of sp³-hybridized carbons (Fsp3) is 0.0667. The van der Waals surface area contributed by atoms with Gasteiger partial charge >= 0.3 is 0 Å². The van der Waals surface area contributed by atoms with E-state index in [1.807, 2.05) is 84.9 Å². The molecule has 6 heteroatoms. The smallest absolute Gasteiger partial charge is 0.270 e. The summed E-state index contributed by atoms with van der Waals surface area (Å²) in [6, 6.07) is 36.3. The minimum atomic E-state index is -0.236. The van der Waals surface area contributed by atoms with Crippen LogP contribution < -0.4 is 5.32 Å². The predicted molar refractivity (Wildman–Crippen MR) is 146 cm³/mol. The van der Waals surface area contributed by atoms with E-state index in [0.717, 1.165) is 22.4 Å². The van der Waals surface area contributed by atoms with Gasteiger partial charge in [-0.2, -0.15) is 5.10 Å². The van der Waals surface area contributed by atoms with E-state index in [0.29, 0.717) is 27.9 Å². The molecule has 0 aliphatic rings. The van der Waals surface area contributed by atoms with E-state index in [1.54, 1.807) is 22.9 Å². The molecule has 0 bridgehead atoms. The third-order valence-electron chi connectivity index (χ3n) is 5.95. The molecule has 0 aliphatic heterocycles. The van der Waals surface area contributed by atoms with Crippen LogP contribution in [0, 0.1) is 0 Å². The molecule has 0 spiro atoms. The van der Waals surface area contributed by atoms with Crippen molar-refractivity contribution in [1.29, 1.82) is 0 Å². The zero-order valence-electron chi connectivity index (χ0n) is 19.3. The Bertz CT molecular complexity index is 1470. The average Bonchev–Trinajstić information content (AvgIpc) is 3.35. The van der Waals surface area contributed by atoms with Crippen molar-refractivity contribution in [3.05, 3.63) is 142 Å². The Hall–Kier alpha value is -3.86. The van der Waals surface area contributed by atoms with Crippen molar-refractivity contribution in [2.24, 2.45) is 0 Å². The largest absolute Gasteiger partial charge is 0.344 e. The lowest BCUT2D eigenvalue weighted by molar-refractivity contribution is 0.0928. The molecule has 1 amide bonds. The Labute approximate surface area is 220 Å². The number of rotatable bonds is 7. The van der Waals surface area contributed by atoms with Gasteiger partial charge in [0, 0.05) is 10.6 Å². The molecule has 1 atom stereocenters. The normalized spacial score (nSPS) is 11.7. The van der Waals surface area contributed by atoms with Crippen LogP contribution in [0.2, 0.25) is 10.0 Å². The van der Waals surface area contributed by atoms with Crippen molar-refractivity contribution >= 4 is 29.1 Å². The van der Waals surface area contributed by atoms with Crippen LogP contribution in [-0.4, -0.2) is 15.7 Å². The van der Waals surface area contributed by atoms with Gasteiger partial charge in [-0.1, -0.05) is 102 Å². The quantitative estimate of drug-likeness (QED) is 0.245. The highest BCUT2D eigenvalue weighted by molar-refractivity contribution is 6.33. The third-order valence-corrected chi connectivity index (χ3v) is 6.53. The molecule has 0 saturated carbocycles. The topological polar surface area (TPSA) is 46.9 Å². The number of amides is 1. The van der Waals surface area contributed by atoms with Crippen LogP contribution in [0.1, 0.15) is 27.7 Å². The van der Waals surface area contributed by atoms with Crippen LogP contribution in [0.25, 0.3) is 16.9 Å². The molecule has 1 N–H and O–H groups in total. The summed E-state index contributed by atoms with van der Waals surface area (Å²) in [5, 5.41) is 9.17. The van der Waals surface area contributed by atoms with Crippen molar-refractivity contribution in [2.75, 3.05) is 0 Å². The van der Waals surface area contributed by atoms with Crippen LogP contribution in [0.5, 0.6) is 0 Å². The number of carbonyl (C=O) groups excluding carboxylic acids is 1. The van der Waals surface area contributed by atoms with E-state index in [2.05, 4.69) is 17.4 Å². The molecule has 1 heterocycles. The van der Waals surface area contributed by atoms with E-state index in [9.17, 15) is 4.79 Å². The highest BCUT2D eigenvalue weighted by Gasteiger charge is 2.22. The number of benzene rings is 4. The van der Waals surface area contributed by atoms with Gasteiger partial charge in [-0.25, -0.2) is 4.68 Å². The second kappa shape index (κ2) is 10.8. The summed E-state index contributed by atoms with van der Waals surface area (Å²) in [5.41, 5.74) is 4.65. The van der Waals surface area contributed by atoms with Gasteiger partial charge in [-0.15, -0.1) is 0 Å². The predicted octanol–water partition coefficient (Wildman–Crippen LogP) is 7.56. The standard InChI is InChI=1S/C30H23Cl2N3O/c31-23-15-17-24(18-16-23)35-29(20-28(34-35)25-13-7-8-14-26(25)32)30(36)33-27(22-11-5-2-6-12-22)19-21-9-3-1-4-10-21/h1-18,20,27H,19H2,(H,33,36). The Morgan fingerprint density at radius 2 is 1.44 bits per heavy atom. The number of aromatic nitrogens is 2. The van der Waals surface area contributed by atoms with Gasteiger partial charge in [0.05, 0.1) is 22.4 Å². The first-order chi connectivity index (χ1) is 17.6. The van der Waals surface area contributed by atoms with Crippen LogP contribution in [0.15, 0.2) is 115 Å². The molecule has 1 aromatic heterocycles. The van der Waals surface area contributed by atoms with Crippen molar-refractivity contribution in [3.63, 3.8) is 0 Å². The van der Waals surface area contributed by atoms with Gasteiger partial charge in [-0.3, -0.25) is 4.79 Å². The van der Waals surface area contributed by atoms with E-state index in [1.165, 1.54) is 0 Å². The Morgan fingerprint density at radius 3 is 2.14 bits per heavy atom. The second-order valence-corrected chi connectivity index (χ2v) is 9.25. The molecule has 0 aliphatic carbocycles. The monoisotopic (exact) mass is 511 g/mol. The van der Waals surface area contributed by atoms with Crippen LogP contribution >= 0.6 is 23.2 Å². The SMILES string of the molecule is O=C(NC(Cc1ccccc1)c1ccccc1)c1cc(-c2ccccc2Cl)nn1-c1ccc(Cl)cc1. The number of nitrogens with one attached hydrogen (secondary N) is 1. The summed E-state index contributed by atoms with van der Waals surface area (Å²) in [6.07, 6.45) is 0.656. The number of halogens is 2. The molecule has 5 rings (SSSR count). The van der Waals surface area contributed by atoms with E-state index < -0.39 is 0 Å². The number of hydrogen-bond acceptors (Lipinski definition) is 2. The zero-order valence-corrected chi connectivity index (χ0v) is 20.8.